The quantitative estimate of drug-likeness (QED) is 0.351. The lowest BCUT2D eigenvalue weighted by atomic mass is 10.3. The first kappa shape index (κ1) is 14.3. The molecule has 0 saturated heterocycles. The first-order valence-electron chi connectivity index (χ1n) is 12.0. The number of H-pyrrole nitrogens is 2. The Morgan fingerprint density at radius 3 is 1.96 bits per heavy atom. The van der Waals surface area contributed by atoms with Gasteiger partial charge in [0.05, 0.1) is 22.1 Å². The fourth-order valence-corrected chi connectivity index (χ4v) is 2.90. The summed E-state index contributed by atoms with van der Waals surface area (Å²) in [6, 6.07) is 15.7. The number of aryl methyl sites for hydroxylation is 2. The fraction of sp³-hybridized carbons (Fsp3) is 0.364. The van der Waals surface area contributed by atoms with Crippen molar-refractivity contribution in [1.29, 1.82) is 0 Å². The molecule has 0 fully saturated rings. The van der Waals surface area contributed by atoms with Gasteiger partial charge in [-0.05, 0) is 64.2 Å². The van der Waals surface area contributed by atoms with Gasteiger partial charge in [0, 0.05) is 19.7 Å². The number of aromatic nitrogens is 4. The van der Waals surface area contributed by atoms with Crippen LogP contribution in [0.2, 0.25) is 0 Å². The number of nitrogens with zero attached hydrogens (tertiary/aromatic N) is 2. The Kier molecular flexibility index (Phi) is 5.41. The summed E-state index contributed by atoms with van der Waals surface area (Å²) in [6.45, 7) is -2.92. The molecule has 0 aliphatic carbocycles. The molecule has 4 N–H and O–H groups in total. The largest absolute Gasteiger partial charge is 0.342 e. The minimum absolute atomic E-state index is 0.406. The molecular formula is C22H30N6. The smallest absolute Gasteiger partial charge is 0.107 e. The average Bonchev–Trinajstić information content (AvgIpc) is 3.38. The van der Waals surface area contributed by atoms with Crippen LogP contribution in [0.4, 0.5) is 0 Å². The Morgan fingerprint density at radius 1 is 0.857 bits per heavy atom. The molecule has 6 nitrogen and oxygen atoms in total. The van der Waals surface area contributed by atoms with Crippen molar-refractivity contribution >= 4 is 22.1 Å². The Balaban J connectivity index is 0.000000186. The van der Waals surface area contributed by atoms with Gasteiger partial charge in [0.25, 0.3) is 0 Å². The third-order valence-corrected chi connectivity index (χ3v) is 4.26. The van der Waals surface area contributed by atoms with E-state index in [1.807, 2.05) is 48.5 Å². The van der Waals surface area contributed by atoms with E-state index in [4.69, 9.17) is 6.85 Å². The second-order valence-corrected chi connectivity index (χ2v) is 6.36. The molecule has 0 atom stereocenters. The summed E-state index contributed by atoms with van der Waals surface area (Å²) >= 11 is 0. The Hall–Kier alpha value is -2.70. The topological polar surface area (TPSA) is 81.4 Å². The predicted molar refractivity (Wildman–Crippen MR) is 117 cm³/mol. The predicted octanol–water partition coefficient (Wildman–Crippen LogP) is 3.43. The zero-order chi connectivity index (χ0) is 23.9. The minimum atomic E-state index is -2.05. The van der Waals surface area contributed by atoms with Crippen molar-refractivity contribution < 1.29 is 6.85 Å². The van der Waals surface area contributed by atoms with Crippen LogP contribution in [0, 0.1) is 0 Å². The second kappa shape index (κ2) is 10.6. The number of imidazole rings is 2. The molecule has 6 heteroatoms. The van der Waals surface area contributed by atoms with E-state index >= 15 is 0 Å². The van der Waals surface area contributed by atoms with Gasteiger partial charge in [-0.1, -0.05) is 24.3 Å². The molecule has 2 aromatic heterocycles. The van der Waals surface area contributed by atoms with E-state index in [-0.39, 0.29) is 0 Å². The second-order valence-electron chi connectivity index (χ2n) is 6.36. The van der Waals surface area contributed by atoms with Crippen LogP contribution in [-0.2, 0) is 12.8 Å². The van der Waals surface area contributed by atoms with Crippen LogP contribution < -0.4 is 10.6 Å². The van der Waals surface area contributed by atoms with Crippen LogP contribution in [0.3, 0.4) is 0 Å². The van der Waals surface area contributed by atoms with Gasteiger partial charge in [0.2, 0.25) is 0 Å². The maximum absolute atomic E-state index is 7.57. The molecule has 2 aromatic carbocycles. The van der Waals surface area contributed by atoms with Crippen LogP contribution in [0.1, 0.15) is 31.3 Å². The SMILES string of the molecule is [2H]C([2H])(CCc1nc2ccccc2[nH]1)NC.[2H]C([2H])([2H])NCCCc1nc2ccccc2[nH]1. The van der Waals surface area contributed by atoms with E-state index in [9.17, 15) is 0 Å². The maximum atomic E-state index is 7.57. The molecular weight excluding hydrogens is 348 g/mol. The van der Waals surface area contributed by atoms with Crippen molar-refractivity contribution in [3.8, 4) is 0 Å². The number of nitrogens with one attached hydrogen (secondary N) is 4. The third kappa shape index (κ3) is 5.65. The fourth-order valence-electron chi connectivity index (χ4n) is 2.90. The van der Waals surface area contributed by atoms with Gasteiger partial charge in [-0.25, -0.2) is 9.97 Å². The Bertz CT molecular complexity index is 1080. The number of para-hydroxylation sites is 4. The van der Waals surface area contributed by atoms with Crippen LogP contribution >= 0.6 is 0 Å². The van der Waals surface area contributed by atoms with Crippen molar-refractivity contribution in [3.63, 3.8) is 0 Å². The number of rotatable bonds is 8. The molecule has 2 heterocycles. The molecule has 0 aliphatic rings. The molecule has 0 amide bonds. The molecule has 0 unspecified atom stereocenters. The van der Waals surface area contributed by atoms with Crippen molar-refractivity contribution in [3.05, 3.63) is 60.2 Å². The standard InChI is InChI=1S/2C11H15N3/c2*1-12-8-4-7-11-13-9-5-2-3-6-10(9)14-11/h2*2-3,5-6,12H,4,7-8H2,1H3,(H,13,14)/i8D2;1D3. The van der Waals surface area contributed by atoms with E-state index in [0.717, 1.165) is 46.6 Å². The molecule has 0 radical (unpaired) electrons. The number of fused-ring (bicyclic) bond motifs is 2. The molecule has 0 saturated carbocycles. The summed E-state index contributed by atoms with van der Waals surface area (Å²) in [4.78, 5) is 15.2. The highest BCUT2D eigenvalue weighted by Gasteiger charge is 2.01. The molecule has 4 rings (SSSR count). The van der Waals surface area contributed by atoms with Gasteiger partial charge in [-0.15, -0.1) is 0 Å². The van der Waals surface area contributed by atoms with Crippen LogP contribution in [0.15, 0.2) is 48.5 Å². The molecule has 0 aliphatic heterocycles. The van der Waals surface area contributed by atoms with Crippen LogP contribution in [0.25, 0.3) is 22.1 Å². The van der Waals surface area contributed by atoms with Crippen LogP contribution in [-0.4, -0.2) is 47.0 Å². The van der Waals surface area contributed by atoms with E-state index in [2.05, 4.69) is 30.6 Å². The van der Waals surface area contributed by atoms with Gasteiger partial charge in [-0.3, -0.25) is 0 Å². The normalized spacial score (nSPS) is 14.5. The Morgan fingerprint density at radius 2 is 1.43 bits per heavy atom. The monoisotopic (exact) mass is 383 g/mol. The van der Waals surface area contributed by atoms with Crippen molar-refractivity contribution in [2.45, 2.75) is 25.7 Å². The average molecular weight is 384 g/mol. The summed E-state index contributed by atoms with van der Waals surface area (Å²) in [5.41, 5.74) is 3.91. The first-order valence-corrected chi connectivity index (χ1v) is 9.46. The first-order chi connectivity index (χ1) is 15.6. The molecule has 148 valence electrons. The highest BCUT2D eigenvalue weighted by atomic mass is 14.9. The highest BCUT2D eigenvalue weighted by molar-refractivity contribution is 5.75. The van der Waals surface area contributed by atoms with Gasteiger partial charge in [0.15, 0.2) is 0 Å². The van der Waals surface area contributed by atoms with Gasteiger partial charge in [-0.2, -0.15) is 0 Å². The number of benzene rings is 2. The van der Waals surface area contributed by atoms with E-state index in [1.165, 1.54) is 0 Å². The van der Waals surface area contributed by atoms with Gasteiger partial charge in [0.1, 0.15) is 11.6 Å². The number of hydrogen-bond acceptors (Lipinski definition) is 4. The van der Waals surface area contributed by atoms with Gasteiger partial charge >= 0.3 is 0 Å². The summed E-state index contributed by atoms with van der Waals surface area (Å²) in [6.07, 6.45) is 2.50. The van der Waals surface area contributed by atoms with E-state index in [1.54, 1.807) is 7.05 Å². The number of aromatic amines is 2. The van der Waals surface area contributed by atoms with Crippen LogP contribution in [0.5, 0.6) is 0 Å². The zero-order valence-electron chi connectivity index (χ0n) is 21.0. The summed E-state index contributed by atoms with van der Waals surface area (Å²) in [5.74, 6) is 1.74. The maximum Gasteiger partial charge on any atom is 0.107 e. The lowest BCUT2D eigenvalue weighted by Crippen LogP contribution is -2.08. The van der Waals surface area contributed by atoms with Crippen molar-refractivity contribution in [1.82, 2.24) is 30.6 Å². The van der Waals surface area contributed by atoms with E-state index in [0.29, 0.717) is 19.4 Å². The summed E-state index contributed by atoms with van der Waals surface area (Å²) in [7, 11) is 1.62. The lowest BCUT2D eigenvalue weighted by molar-refractivity contribution is 0.709. The zero-order valence-corrected chi connectivity index (χ0v) is 16.0. The van der Waals surface area contributed by atoms with Crippen molar-refractivity contribution in [2.75, 3.05) is 27.1 Å². The summed E-state index contributed by atoms with van der Waals surface area (Å²) in [5, 5.41) is 5.12. The molecule has 0 bridgehead atoms. The minimum Gasteiger partial charge on any atom is -0.342 e. The summed E-state index contributed by atoms with van der Waals surface area (Å²) < 4.78 is 36.1. The third-order valence-electron chi connectivity index (χ3n) is 4.26. The van der Waals surface area contributed by atoms with E-state index < -0.39 is 13.5 Å². The van der Waals surface area contributed by atoms with Crippen molar-refractivity contribution in [2.24, 2.45) is 0 Å². The molecule has 4 aromatic rings. The highest BCUT2D eigenvalue weighted by Crippen LogP contribution is 2.11. The number of hydrogen-bond donors (Lipinski definition) is 4. The molecule has 28 heavy (non-hydrogen) atoms. The molecule has 0 spiro atoms. The Labute approximate surface area is 173 Å². The lowest BCUT2D eigenvalue weighted by Gasteiger charge is -1.95. The van der Waals surface area contributed by atoms with Gasteiger partial charge < -0.3 is 20.6 Å².